The molecule has 17 heavy (non-hydrogen) atoms. The summed E-state index contributed by atoms with van der Waals surface area (Å²) in [5.41, 5.74) is 0.534. The quantitative estimate of drug-likeness (QED) is 0.866. The lowest BCUT2D eigenvalue weighted by atomic mass is 10.1. The van der Waals surface area contributed by atoms with Crippen LogP contribution in [-0.4, -0.2) is 18.4 Å². The van der Waals surface area contributed by atoms with Crippen molar-refractivity contribution in [2.24, 2.45) is 5.92 Å². The Kier molecular flexibility index (Phi) is 3.54. The van der Waals surface area contributed by atoms with Crippen molar-refractivity contribution in [3.05, 3.63) is 28.2 Å². The second-order valence-corrected chi connectivity index (χ2v) is 4.73. The topological polar surface area (TPSA) is 58.2 Å². The molecule has 0 saturated carbocycles. The van der Waals surface area contributed by atoms with Gasteiger partial charge in [0.25, 0.3) is 0 Å². The van der Waals surface area contributed by atoms with Gasteiger partial charge in [-0.15, -0.1) is 0 Å². The lowest BCUT2D eigenvalue weighted by Crippen LogP contribution is -2.24. The molecule has 0 aliphatic carbocycles. The first-order valence-corrected chi connectivity index (χ1v) is 5.84. The molecule has 1 unspecified atom stereocenters. The molecule has 1 atom stereocenters. The van der Waals surface area contributed by atoms with Crippen molar-refractivity contribution in [3.63, 3.8) is 0 Å². The van der Waals surface area contributed by atoms with E-state index in [0.717, 1.165) is 0 Å². The predicted molar refractivity (Wildman–Crippen MR) is 66.2 cm³/mol. The van der Waals surface area contributed by atoms with E-state index in [0.29, 0.717) is 22.3 Å². The van der Waals surface area contributed by atoms with Crippen molar-refractivity contribution in [2.45, 2.75) is 6.42 Å². The number of benzene rings is 1. The number of rotatable bonds is 2. The minimum Gasteiger partial charge on any atom is -0.355 e. The largest absolute Gasteiger partial charge is 0.355 e. The highest BCUT2D eigenvalue weighted by molar-refractivity contribution is 6.35. The molecule has 0 radical (unpaired) electrons. The van der Waals surface area contributed by atoms with Crippen molar-refractivity contribution in [2.75, 3.05) is 11.9 Å². The first-order chi connectivity index (χ1) is 8.04. The zero-order chi connectivity index (χ0) is 12.4. The average Bonchev–Trinajstić information content (AvgIpc) is 2.63. The maximum absolute atomic E-state index is 11.8. The van der Waals surface area contributed by atoms with Crippen LogP contribution in [0.15, 0.2) is 18.2 Å². The lowest BCUT2D eigenvalue weighted by molar-refractivity contribution is -0.123. The highest BCUT2D eigenvalue weighted by Gasteiger charge is 2.27. The molecule has 0 bridgehead atoms. The van der Waals surface area contributed by atoms with Gasteiger partial charge >= 0.3 is 0 Å². The van der Waals surface area contributed by atoms with Gasteiger partial charge in [0.05, 0.1) is 5.92 Å². The van der Waals surface area contributed by atoms with Gasteiger partial charge in [0.2, 0.25) is 11.8 Å². The first kappa shape index (κ1) is 12.2. The van der Waals surface area contributed by atoms with E-state index in [1.807, 2.05) is 0 Å². The number of carbonyl (C=O) groups is 2. The molecule has 0 aromatic heterocycles. The van der Waals surface area contributed by atoms with Crippen LogP contribution in [-0.2, 0) is 9.59 Å². The maximum atomic E-state index is 11.8. The van der Waals surface area contributed by atoms with Crippen LogP contribution in [0.25, 0.3) is 0 Å². The van der Waals surface area contributed by atoms with Crippen LogP contribution in [0.2, 0.25) is 10.0 Å². The number of hydrogen-bond acceptors (Lipinski definition) is 2. The van der Waals surface area contributed by atoms with Crippen LogP contribution in [0, 0.1) is 5.92 Å². The smallest absolute Gasteiger partial charge is 0.229 e. The van der Waals surface area contributed by atoms with Crippen molar-refractivity contribution < 1.29 is 9.59 Å². The summed E-state index contributed by atoms with van der Waals surface area (Å²) in [5, 5.41) is 6.20. The van der Waals surface area contributed by atoms with Crippen LogP contribution in [0.5, 0.6) is 0 Å². The Labute approximate surface area is 108 Å². The van der Waals surface area contributed by atoms with Crippen molar-refractivity contribution in [3.8, 4) is 0 Å². The number of carbonyl (C=O) groups excluding carboxylic acids is 2. The Bertz CT molecular complexity index is 456. The zero-order valence-electron chi connectivity index (χ0n) is 8.80. The van der Waals surface area contributed by atoms with Crippen LogP contribution >= 0.6 is 23.2 Å². The third-order valence-electron chi connectivity index (χ3n) is 2.48. The fraction of sp³-hybridized carbons (Fsp3) is 0.273. The number of hydrogen-bond donors (Lipinski definition) is 2. The standard InChI is InChI=1S/C11H10Cl2N2O2/c12-7-2-8(13)4-9(3-7)15-11(17)6-1-10(16)14-5-6/h2-4,6H,1,5H2,(H,14,16)(H,15,17). The van der Waals surface area contributed by atoms with Gasteiger partial charge < -0.3 is 10.6 Å². The van der Waals surface area contributed by atoms with E-state index >= 15 is 0 Å². The van der Waals surface area contributed by atoms with Crippen molar-refractivity contribution in [1.82, 2.24) is 5.32 Å². The van der Waals surface area contributed by atoms with E-state index in [2.05, 4.69) is 10.6 Å². The summed E-state index contributed by atoms with van der Waals surface area (Å²) >= 11 is 11.6. The zero-order valence-corrected chi connectivity index (χ0v) is 10.3. The van der Waals surface area contributed by atoms with Gasteiger partial charge in [-0.25, -0.2) is 0 Å². The monoisotopic (exact) mass is 272 g/mol. The Morgan fingerprint density at radius 2 is 1.94 bits per heavy atom. The van der Waals surface area contributed by atoms with E-state index in [1.54, 1.807) is 18.2 Å². The van der Waals surface area contributed by atoms with E-state index in [-0.39, 0.29) is 24.2 Å². The summed E-state index contributed by atoms with van der Waals surface area (Å²) in [6, 6.07) is 4.80. The van der Waals surface area contributed by atoms with Gasteiger partial charge in [-0.3, -0.25) is 9.59 Å². The second kappa shape index (κ2) is 4.94. The molecular formula is C11H10Cl2N2O2. The van der Waals surface area contributed by atoms with Crippen LogP contribution in [0.3, 0.4) is 0 Å². The van der Waals surface area contributed by atoms with Gasteiger partial charge in [0.15, 0.2) is 0 Å². The molecule has 4 nitrogen and oxygen atoms in total. The molecule has 6 heteroatoms. The van der Waals surface area contributed by atoms with Crippen molar-refractivity contribution in [1.29, 1.82) is 0 Å². The van der Waals surface area contributed by atoms with Crippen LogP contribution < -0.4 is 10.6 Å². The summed E-state index contributed by atoms with van der Waals surface area (Å²) in [5.74, 6) is -0.642. The van der Waals surface area contributed by atoms with Gasteiger partial charge in [0, 0.05) is 28.7 Å². The molecule has 2 N–H and O–H groups in total. The van der Waals surface area contributed by atoms with E-state index < -0.39 is 0 Å². The van der Waals surface area contributed by atoms with E-state index in [1.165, 1.54) is 0 Å². The summed E-state index contributed by atoms with van der Waals surface area (Å²) < 4.78 is 0. The lowest BCUT2D eigenvalue weighted by Gasteiger charge is -2.09. The predicted octanol–water partition coefficient (Wildman–Crippen LogP) is 2.07. The fourth-order valence-electron chi connectivity index (χ4n) is 1.66. The third-order valence-corrected chi connectivity index (χ3v) is 2.91. The van der Waals surface area contributed by atoms with Gasteiger partial charge in [-0.2, -0.15) is 0 Å². The molecule has 1 heterocycles. The summed E-state index contributed by atoms with van der Waals surface area (Å²) in [6.45, 7) is 0.374. The molecule has 90 valence electrons. The number of anilines is 1. The summed E-state index contributed by atoms with van der Waals surface area (Å²) in [4.78, 5) is 22.8. The SMILES string of the molecule is O=C1CC(C(=O)Nc2cc(Cl)cc(Cl)c2)CN1. The molecule has 1 aliphatic rings. The van der Waals surface area contributed by atoms with E-state index in [4.69, 9.17) is 23.2 Å². The fourth-order valence-corrected chi connectivity index (χ4v) is 2.19. The van der Waals surface area contributed by atoms with Gasteiger partial charge in [0.1, 0.15) is 0 Å². The van der Waals surface area contributed by atoms with Gasteiger partial charge in [-0.05, 0) is 18.2 Å². The maximum Gasteiger partial charge on any atom is 0.229 e. The number of nitrogens with one attached hydrogen (secondary N) is 2. The highest BCUT2D eigenvalue weighted by atomic mass is 35.5. The molecular weight excluding hydrogens is 263 g/mol. The Balaban J connectivity index is 2.05. The average molecular weight is 273 g/mol. The Morgan fingerprint density at radius 1 is 1.29 bits per heavy atom. The highest BCUT2D eigenvalue weighted by Crippen LogP contribution is 2.23. The number of halogens is 2. The molecule has 0 spiro atoms. The Hall–Kier alpha value is -1.26. The number of amides is 2. The first-order valence-electron chi connectivity index (χ1n) is 5.08. The minimum atomic E-state index is -0.333. The molecule has 1 saturated heterocycles. The molecule has 2 amide bonds. The normalized spacial score (nSPS) is 18.9. The van der Waals surface area contributed by atoms with Gasteiger partial charge in [-0.1, -0.05) is 23.2 Å². The summed E-state index contributed by atoms with van der Waals surface area (Å²) in [7, 11) is 0. The molecule has 2 rings (SSSR count). The second-order valence-electron chi connectivity index (χ2n) is 3.85. The van der Waals surface area contributed by atoms with Crippen LogP contribution in [0.4, 0.5) is 5.69 Å². The third kappa shape index (κ3) is 3.11. The minimum absolute atomic E-state index is 0.103. The van der Waals surface area contributed by atoms with E-state index in [9.17, 15) is 9.59 Å². The molecule has 1 aromatic carbocycles. The molecule has 1 fully saturated rings. The van der Waals surface area contributed by atoms with Crippen molar-refractivity contribution >= 4 is 40.7 Å². The summed E-state index contributed by atoms with van der Waals surface area (Å²) in [6.07, 6.45) is 0.222. The molecule has 1 aliphatic heterocycles. The Morgan fingerprint density at radius 3 is 2.47 bits per heavy atom. The molecule has 1 aromatic rings. The van der Waals surface area contributed by atoms with Crippen LogP contribution in [0.1, 0.15) is 6.42 Å².